The van der Waals surface area contributed by atoms with Crippen LogP contribution in [0, 0.1) is 0 Å². The number of alkyl halides is 5. The van der Waals surface area contributed by atoms with Gasteiger partial charge in [-0.3, -0.25) is 14.0 Å². The SMILES string of the molecule is Cl.O=C1c2cnc3cccc(n23)CN1CCCCNC(=O)C(F)(F)C(F)(F)F. The number of amides is 2. The highest BCUT2D eigenvalue weighted by Gasteiger charge is 2.63. The van der Waals surface area contributed by atoms with Crippen LogP contribution in [0.3, 0.4) is 0 Å². The van der Waals surface area contributed by atoms with Gasteiger partial charge in [0.05, 0.1) is 12.7 Å². The Kier molecular flexibility index (Phi) is 6.17. The third-order valence-electron chi connectivity index (χ3n) is 4.25. The molecule has 28 heavy (non-hydrogen) atoms. The van der Waals surface area contributed by atoms with Crippen molar-refractivity contribution in [3.63, 3.8) is 0 Å². The Labute approximate surface area is 162 Å². The monoisotopic (exact) mass is 426 g/mol. The number of unbranched alkanes of at least 4 members (excludes halogenated alkanes) is 1. The van der Waals surface area contributed by atoms with E-state index in [9.17, 15) is 31.5 Å². The van der Waals surface area contributed by atoms with Crippen molar-refractivity contribution < 1.29 is 31.5 Å². The molecule has 0 spiro atoms. The van der Waals surface area contributed by atoms with Crippen LogP contribution in [-0.2, 0) is 11.3 Å². The first kappa shape index (κ1) is 21.9. The number of carbonyl (C=O) groups is 2. The lowest BCUT2D eigenvalue weighted by Crippen LogP contribution is -2.50. The quantitative estimate of drug-likeness (QED) is 0.570. The number of halogens is 6. The Balaban J connectivity index is 0.00000280. The van der Waals surface area contributed by atoms with Gasteiger partial charge in [0.15, 0.2) is 0 Å². The van der Waals surface area contributed by atoms with Crippen LogP contribution in [-0.4, -0.2) is 51.3 Å². The average Bonchev–Trinajstić information content (AvgIpc) is 3.03. The molecule has 0 saturated heterocycles. The van der Waals surface area contributed by atoms with E-state index in [4.69, 9.17) is 0 Å². The van der Waals surface area contributed by atoms with E-state index in [1.54, 1.807) is 15.8 Å². The van der Waals surface area contributed by atoms with E-state index in [0.717, 1.165) is 5.69 Å². The molecule has 0 aliphatic carbocycles. The summed E-state index contributed by atoms with van der Waals surface area (Å²) in [6.07, 6.45) is -3.99. The Morgan fingerprint density at radius 2 is 1.89 bits per heavy atom. The molecule has 1 aliphatic rings. The molecule has 0 saturated carbocycles. The van der Waals surface area contributed by atoms with Crippen molar-refractivity contribution in [3.05, 3.63) is 35.8 Å². The largest absolute Gasteiger partial charge is 0.463 e. The Morgan fingerprint density at radius 3 is 2.57 bits per heavy atom. The van der Waals surface area contributed by atoms with Crippen LogP contribution in [0.2, 0.25) is 0 Å². The standard InChI is InChI=1S/C16H15F5N4O2.ClH/c17-15(18,16(19,20)21)14(27)22-6-1-2-7-24-9-10-4-3-5-12-23-8-11(13(24)26)25(10)12;/h3-5,8H,1-2,6-7,9H2,(H,22,27);1H. The van der Waals surface area contributed by atoms with Crippen LogP contribution in [0.1, 0.15) is 29.0 Å². The minimum Gasteiger partial charge on any atom is -0.351 e. The predicted molar refractivity (Wildman–Crippen MR) is 90.4 cm³/mol. The zero-order valence-corrected chi connectivity index (χ0v) is 15.1. The normalized spacial score (nSPS) is 14.2. The summed E-state index contributed by atoms with van der Waals surface area (Å²) in [4.78, 5) is 29.1. The molecule has 3 heterocycles. The lowest BCUT2D eigenvalue weighted by Gasteiger charge is -2.27. The number of aromatic nitrogens is 2. The molecule has 2 amide bonds. The van der Waals surface area contributed by atoms with Crippen molar-refractivity contribution in [2.24, 2.45) is 0 Å². The van der Waals surface area contributed by atoms with Crippen LogP contribution in [0.4, 0.5) is 22.0 Å². The first-order valence-corrected chi connectivity index (χ1v) is 8.10. The highest BCUT2D eigenvalue weighted by Crippen LogP contribution is 2.35. The second-order valence-corrected chi connectivity index (χ2v) is 6.12. The van der Waals surface area contributed by atoms with E-state index in [2.05, 4.69) is 4.98 Å². The predicted octanol–water partition coefficient (Wildman–Crippen LogP) is 2.81. The van der Waals surface area contributed by atoms with Crippen molar-refractivity contribution in [3.8, 4) is 0 Å². The summed E-state index contributed by atoms with van der Waals surface area (Å²) in [5.74, 6) is -8.04. The summed E-state index contributed by atoms with van der Waals surface area (Å²) in [7, 11) is 0. The van der Waals surface area contributed by atoms with Gasteiger partial charge in [0, 0.05) is 18.8 Å². The van der Waals surface area contributed by atoms with Crippen LogP contribution in [0.5, 0.6) is 0 Å². The average molecular weight is 427 g/mol. The van der Waals surface area contributed by atoms with Crippen molar-refractivity contribution in [2.45, 2.75) is 31.5 Å². The van der Waals surface area contributed by atoms with Gasteiger partial charge in [-0.2, -0.15) is 22.0 Å². The fraction of sp³-hybridized carbons (Fsp3) is 0.438. The van der Waals surface area contributed by atoms with E-state index in [0.29, 0.717) is 24.3 Å². The van der Waals surface area contributed by atoms with Crippen molar-refractivity contribution in [2.75, 3.05) is 13.1 Å². The summed E-state index contributed by atoms with van der Waals surface area (Å²) in [6.45, 7) is 0.254. The Bertz CT molecular complexity index is 884. The molecule has 12 heteroatoms. The lowest BCUT2D eigenvalue weighted by atomic mass is 10.2. The molecule has 0 bridgehead atoms. The fourth-order valence-electron chi connectivity index (χ4n) is 2.86. The molecule has 2 aromatic heterocycles. The fourth-order valence-corrected chi connectivity index (χ4v) is 2.86. The number of nitrogens with zero attached hydrogens (tertiary/aromatic N) is 3. The van der Waals surface area contributed by atoms with Gasteiger partial charge in [0.25, 0.3) is 11.8 Å². The Hall–Kier alpha value is -2.43. The minimum absolute atomic E-state index is 0. The van der Waals surface area contributed by atoms with Crippen molar-refractivity contribution >= 4 is 29.9 Å². The molecule has 0 aromatic carbocycles. The lowest BCUT2D eigenvalue weighted by molar-refractivity contribution is -0.269. The Morgan fingerprint density at radius 1 is 1.18 bits per heavy atom. The minimum atomic E-state index is -5.93. The second-order valence-electron chi connectivity index (χ2n) is 6.12. The van der Waals surface area contributed by atoms with E-state index in [1.165, 1.54) is 11.1 Å². The van der Waals surface area contributed by atoms with Gasteiger partial charge in [0.2, 0.25) is 0 Å². The number of nitrogens with one attached hydrogen (secondary N) is 1. The first-order valence-electron chi connectivity index (χ1n) is 8.10. The van der Waals surface area contributed by atoms with Crippen molar-refractivity contribution in [1.29, 1.82) is 0 Å². The molecule has 0 unspecified atom stereocenters. The molecule has 154 valence electrons. The summed E-state index contributed by atoms with van der Waals surface area (Å²) < 4.78 is 63.6. The second kappa shape index (κ2) is 7.90. The molecule has 0 radical (unpaired) electrons. The van der Waals surface area contributed by atoms with E-state index in [1.807, 2.05) is 12.1 Å². The van der Waals surface area contributed by atoms with Gasteiger partial charge in [-0.25, -0.2) is 4.98 Å². The van der Waals surface area contributed by atoms with Crippen LogP contribution in [0.15, 0.2) is 24.4 Å². The maximum absolute atomic E-state index is 12.8. The number of carbonyl (C=O) groups excluding carboxylic acids is 2. The van der Waals surface area contributed by atoms with Gasteiger partial charge < -0.3 is 10.2 Å². The first-order chi connectivity index (χ1) is 12.6. The third kappa shape index (κ3) is 3.89. The molecule has 3 rings (SSSR count). The third-order valence-corrected chi connectivity index (χ3v) is 4.25. The van der Waals surface area contributed by atoms with Crippen LogP contribution >= 0.6 is 12.4 Å². The van der Waals surface area contributed by atoms with Gasteiger partial charge in [-0.1, -0.05) is 6.07 Å². The maximum Gasteiger partial charge on any atom is 0.463 e. The van der Waals surface area contributed by atoms with Gasteiger partial charge >= 0.3 is 12.1 Å². The van der Waals surface area contributed by atoms with Crippen molar-refractivity contribution in [1.82, 2.24) is 19.6 Å². The summed E-state index contributed by atoms with van der Waals surface area (Å²) in [6, 6.07) is 5.43. The van der Waals surface area contributed by atoms with E-state index < -0.39 is 18.0 Å². The van der Waals surface area contributed by atoms with Crippen LogP contribution in [0.25, 0.3) is 5.65 Å². The topological polar surface area (TPSA) is 66.7 Å². The molecule has 0 atom stereocenters. The van der Waals surface area contributed by atoms with Gasteiger partial charge in [-0.15, -0.1) is 12.4 Å². The number of imidazole rings is 1. The number of pyridine rings is 1. The van der Waals surface area contributed by atoms with Gasteiger partial charge in [-0.05, 0) is 25.0 Å². The number of hydrogen-bond donors (Lipinski definition) is 1. The zero-order valence-electron chi connectivity index (χ0n) is 14.3. The summed E-state index contributed by atoms with van der Waals surface area (Å²) >= 11 is 0. The molecular weight excluding hydrogens is 411 g/mol. The van der Waals surface area contributed by atoms with E-state index >= 15 is 0 Å². The zero-order chi connectivity index (χ0) is 19.8. The number of rotatable bonds is 6. The number of hydrogen-bond acceptors (Lipinski definition) is 3. The van der Waals surface area contributed by atoms with Crippen LogP contribution < -0.4 is 5.32 Å². The molecule has 1 N–H and O–H groups in total. The summed E-state index contributed by atoms with van der Waals surface area (Å²) in [5.41, 5.74) is 1.92. The molecule has 2 aromatic rings. The maximum atomic E-state index is 12.8. The molecule has 6 nitrogen and oxygen atoms in total. The highest BCUT2D eigenvalue weighted by molar-refractivity contribution is 5.94. The van der Waals surface area contributed by atoms with Gasteiger partial charge in [0.1, 0.15) is 11.3 Å². The molecule has 0 fully saturated rings. The highest BCUT2D eigenvalue weighted by atomic mass is 35.5. The summed E-state index contributed by atoms with van der Waals surface area (Å²) in [5, 5.41) is 1.58. The van der Waals surface area contributed by atoms with E-state index in [-0.39, 0.29) is 37.8 Å². The smallest absolute Gasteiger partial charge is 0.351 e. The molecular formula is C16H16ClF5N4O2. The molecule has 1 aliphatic heterocycles.